The van der Waals surface area contributed by atoms with Gasteiger partial charge < -0.3 is 88.1 Å². The number of anilines is 3. The van der Waals surface area contributed by atoms with Gasteiger partial charge >= 0.3 is 12.1 Å². The Morgan fingerprint density at radius 2 is 0.739 bits per heavy atom. The smallest absolute Gasteiger partial charge is 0.471 e. The van der Waals surface area contributed by atoms with Gasteiger partial charge in [0.1, 0.15) is 0 Å². The summed E-state index contributed by atoms with van der Waals surface area (Å²) in [5, 5.41) is 5.34. The first-order valence-corrected chi connectivity index (χ1v) is 40.0. The highest BCUT2D eigenvalue weighted by Crippen LogP contribution is 2.45. The number of fused-ring (bicyclic) bond motifs is 3. The molecule has 6 aromatic rings. The highest BCUT2D eigenvalue weighted by molar-refractivity contribution is 6.02. The van der Waals surface area contributed by atoms with Crippen LogP contribution in [-0.2, 0) is 24.4 Å². The van der Waals surface area contributed by atoms with E-state index in [1.165, 1.54) is 36.7 Å². The predicted octanol–water partition coefficient (Wildman–Crippen LogP) is 12.6. The topological polar surface area (TPSA) is 180 Å². The van der Waals surface area contributed by atoms with Crippen LogP contribution < -0.4 is 53.8 Å². The first-order valence-electron chi connectivity index (χ1n) is 40.0. The van der Waals surface area contributed by atoms with Crippen LogP contribution in [0.2, 0.25) is 0 Å². The molecule has 25 heteroatoms. The molecule has 604 valence electrons. The van der Waals surface area contributed by atoms with Crippen molar-refractivity contribution in [1.29, 1.82) is 0 Å². The lowest BCUT2D eigenvalue weighted by atomic mass is 9.99. The SMILES string of the molecule is CCN(CC)CCC[C@H](c1ccc(OC)c(OC)c1)N1Cc2c(cccc2N2CCN(CC)CC2)C1=O.CCN1CCN(c2cccc3c2CN([C@H](CCCNC(=O)C(F)(F)F)c2ccc(OC)c(OC)c2)C3=O)CC1.CCNCCC[C@H](c1ccc(OC)c(OC)c1)N1Cc2c(cccc2N2CCN(CC)CC2)C1=O. The van der Waals surface area contributed by atoms with Crippen LogP contribution in [0.1, 0.15) is 163 Å². The highest BCUT2D eigenvalue weighted by Gasteiger charge is 2.42. The average molecular weight is 1540 g/mol. The van der Waals surface area contributed by atoms with Gasteiger partial charge in [0, 0.05) is 155 Å². The zero-order valence-electron chi connectivity index (χ0n) is 67.5. The Kier molecular flexibility index (Phi) is 30.8. The number of methoxy groups -OCH3 is 6. The lowest BCUT2D eigenvalue weighted by Gasteiger charge is -2.36. The summed E-state index contributed by atoms with van der Waals surface area (Å²) in [7, 11) is 9.67. The zero-order valence-corrected chi connectivity index (χ0v) is 67.5. The summed E-state index contributed by atoms with van der Waals surface area (Å²) in [6, 6.07) is 35.3. The summed E-state index contributed by atoms with van der Waals surface area (Å²) < 4.78 is 70.9. The molecule has 6 aliphatic rings. The zero-order chi connectivity index (χ0) is 79.3. The number of carbonyl (C=O) groups is 4. The number of alkyl halides is 3. The van der Waals surface area contributed by atoms with Gasteiger partial charge in [0.2, 0.25) is 0 Å². The third-order valence-electron chi connectivity index (χ3n) is 23.0. The second-order valence-corrected chi connectivity index (χ2v) is 28.9. The molecular formula is C86H119F3N12O10. The molecule has 3 saturated heterocycles. The Morgan fingerprint density at radius 1 is 0.423 bits per heavy atom. The molecule has 6 heterocycles. The molecule has 6 aliphatic heterocycles. The Morgan fingerprint density at radius 3 is 1.03 bits per heavy atom. The maximum absolute atomic E-state index is 13.9. The summed E-state index contributed by atoms with van der Waals surface area (Å²) in [5.74, 6) is 1.98. The number of hydrogen-bond donors (Lipinski definition) is 2. The van der Waals surface area contributed by atoms with Crippen LogP contribution in [0.25, 0.3) is 0 Å². The number of amides is 4. The van der Waals surface area contributed by atoms with Crippen LogP contribution in [0.15, 0.2) is 109 Å². The van der Waals surface area contributed by atoms with Gasteiger partial charge in [-0.3, -0.25) is 19.2 Å². The minimum Gasteiger partial charge on any atom is -0.493 e. The largest absolute Gasteiger partial charge is 0.493 e. The fourth-order valence-corrected chi connectivity index (χ4v) is 16.5. The van der Waals surface area contributed by atoms with Crippen LogP contribution in [0.3, 0.4) is 0 Å². The second kappa shape index (κ2) is 40.5. The van der Waals surface area contributed by atoms with Crippen molar-refractivity contribution in [1.82, 2.24) is 44.9 Å². The van der Waals surface area contributed by atoms with E-state index < -0.39 is 18.1 Å². The molecule has 0 aromatic heterocycles. The monoisotopic (exact) mass is 1540 g/mol. The van der Waals surface area contributed by atoms with E-state index in [2.05, 4.69) is 121 Å². The van der Waals surface area contributed by atoms with Crippen molar-refractivity contribution in [2.75, 3.05) is 195 Å². The maximum atomic E-state index is 13.9. The normalized spacial score (nSPS) is 16.8. The van der Waals surface area contributed by atoms with Gasteiger partial charge in [-0.05, 0) is 180 Å². The van der Waals surface area contributed by atoms with E-state index in [1.807, 2.05) is 72.0 Å². The number of nitrogens with one attached hydrogen (secondary N) is 2. The summed E-state index contributed by atoms with van der Waals surface area (Å²) in [6.07, 6.45) is -0.562. The Balaban J connectivity index is 0.000000177. The van der Waals surface area contributed by atoms with Crippen molar-refractivity contribution in [3.63, 3.8) is 0 Å². The number of halogens is 3. The molecule has 22 nitrogen and oxygen atoms in total. The minimum atomic E-state index is -4.94. The van der Waals surface area contributed by atoms with Gasteiger partial charge in [-0.15, -0.1) is 0 Å². The molecular weight excluding hydrogens is 1420 g/mol. The van der Waals surface area contributed by atoms with Crippen molar-refractivity contribution in [2.45, 2.75) is 124 Å². The lowest BCUT2D eigenvalue weighted by molar-refractivity contribution is -0.173. The van der Waals surface area contributed by atoms with E-state index in [4.69, 9.17) is 28.4 Å². The van der Waals surface area contributed by atoms with E-state index in [0.717, 1.165) is 196 Å². The van der Waals surface area contributed by atoms with Gasteiger partial charge in [-0.25, -0.2) is 0 Å². The number of likely N-dealkylation sites (N-methyl/N-ethyl adjacent to an activating group) is 3. The first-order chi connectivity index (χ1) is 53.8. The number of rotatable bonds is 33. The lowest BCUT2D eigenvalue weighted by Crippen LogP contribution is -2.46. The summed E-state index contributed by atoms with van der Waals surface area (Å²) in [6.45, 7) is 34.7. The molecule has 0 saturated carbocycles. The molecule has 0 radical (unpaired) electrons. The Labute approximate surface area is 655 Å². The Hall–Kier alpha value is -9.01. The van der Waals surface area contributed by atoms with Crippen molar-refractivity contribution in [2.24, 2.45) is 0 Å². The molecule has 3 atom stereocenters. The molecule has 12 rings (SSSR count). The first kappa shape index (κ1) is 84.4. The van der Waals surface area contributed by atoms with Gasteiger partial charge in [0.05, 0.1) is 60.8 Å². The van der Waals surface area contributed by atoms with Crippen molar-refractivity contribution >= 4 is 40.7 Å². The third kappa shape index (κ3) is 20.3. The molecule has 0 bridgehead atoms. The fraction of sp³-hybridized carbons (Fsp3) is 0.535. The van der Waals surface area contributed by atoms with Crippen LogP contribution in [0.5, 0.6) is 34.5 Å². The fourth-order valence-electron chi connectivity index (χ4n) is 16.5. The molecule has 111 heavy (non-hydrogen) atoms. The maximum Gasteiger partial charge on any atom is 0.471 e. The van der Waals surface area contributed by atoms with E-state index in [9.17, 15) is 32.3 Å². The summed E-state index contributed by atoms with van der Waals surface area (Å²) in [5.41, 5.74) is 12.1. The predicted molar refractivity (Wildman–Crippen MR) is 432 cm³/mol. The standard InChI is InChI=1S/C30H44N4O3.C28H35F3N4O4.C28H40N4O3/c1-6-31(7-2)16-10-13-26(23-14-15-28(36-4)29(21-23)37-5)34-22-25-24(30(34)35)11-9-12-27(25)33-19-17-32(8-3)18-20-33;1-4-33-13-15-34(16-14-33)23-8-5-7-20-21(23)18-35(26(20)36)22(9-6-12-32-27(37)28(29,30)31)19-10-11-24(38-2)25(17-19)39-3;1-5-29-14-8-11-24(21-12-13-26(34-3)27(19-21)35-4)32-20-23-22(28(32)33)9-7-10-25(23)31-17-15-30(6-2)16-18-31/h9,11-12,14-15,21,26H,6-8,10,13,16-20,22H2,1-5H3;5,7-8,10-11,17,22H,4,6,9,12-16,18H2,1-3H3,(H,32,37);7,9-10,12-13,19,24,29H,5-6,8,11,14-18,20H2,1-4H3/t26-;22-;24-/m111/s1. The highest BCUT2D eigenvalue weighted by atomic mass is 19.4. The van der Waals surface area contributed by atoms with E-state index in [-0.39, 0.29) is 42.8 Å². The van der Waals surface area contributed by atoms with Crippen molar-refractivity contribution < 1.29 is 60.8 Å². The number of ether oxygens (including phenoxy) is 6. The van der Waals surface area contributed by atoms with Crippen LogP contribution in [0.4, 0.5) is 30.2 Å². The van der Waals surface area contributed by atoms with Crippen LogP contribution >= 0.6 is 0 Å². The minimum absolute atomic E-state index is 0.0277. The van der Waals surface area contributed by atoms with Crippen molar-refractivity contribution in [3.05, 3.63) is 159 Å². The molecule has 0 aliphatic carbocycles. The Bertz CT molecular complexity index is 4050. The number of nitrogens with zero attached hydrogens (tertiary/aromatic N) is 10. The molecule has 3 fully saturated rings. The number of carbonyl (C=O) groups excluding carboxylic acids is 4. The second-order valence-electron chi connectivity index (χ2n) is 28.9. The summed E-state index contributed by atoms with van der Waals surface area (Å²) in [4.78, 5) is 75.6. The van der Waals surface area contributed by atoms with E-state index in [0.29, 0.717) is 66.1 Å². The quantitative estimate of drug-likeness (QED) is 0.0371. The summed E-state index contributed by atoms with van der Waals surface area (Å²) >= 11 is 0. The van der Waals surface area contributed by atoms with Gasteiger partial charge in [-0.2, -0.15) is 13.2 Å². The average Bonchev–Trinajstić information content (AvgIpc) is 1.62. The number of piperazine rings is 3. The van der Waals surface area contributed by atoms with Gasteiger partial charge in [0.15, 0.2) is 34.5 Å². The van der Waals surface area contributed by atoms with E-state index >= 15 is 0 Å². The van der Waals surface area contributed by atoms with E-state index in [1.54, 1.807) is 45.5 Å². The molecule has 0 unspecified atom stereocenters. The van der Waals surface area contributed by atoms with Crippen molar-refractivity contribution in [3.8, 4) is 34.5 Å². The number of hydrogen-bond acceptors (Lipinski definition) is 18. The third-order valence-corrected chi connectivity index (χ3v) is 23.0. The molecule has 0 spiro atoms. The molecule has 4 amide bonds. The number of benzene rings is 6. The molecule has 6 aromatic carbocycles. The van der Waals surface area contributed by atoms with Gasteiger partial charge in [-0.1, -0.05) is 77.9 Å². The molecule has 2 N–H and O–H groups in total. The van der Waals surface area contributed by atoms with Crippen LogP contribution in [-0.4, -0.2) is 244 Å². The van der Waals surface area contributed by atoms with Crippen LogP contribution in [0, 0.1) is 0 Å². The van der Waals surface area contributed by atoms with Gasteiger partial charge in [0.25, 0.3) is 17.7 Å².